The zero-order valence-corrected chi connectivity index (χ0v) is 35.4. The summed E-state index contributed by atoms with van der Waals surface area (Å²) in [6.45, 7) is 16.9. The lowest BCUT2D eigenvalue weighted by atomic mass is 9.92. The van der Waals surface area contributed by atoms with E-state index in [0.717, 1.165) is 89.4 Å². The Hall–Kier alpha value is -7.40. The van der Waals surface area contributed by atoms with Gasteiger partial charge in [0.1, 0.15) is 0 Å². The number of aryl methyl sites for hydroxylation is 6. The quantitative estimate of drug-likeness (QED) is 0.175. The second-order valence-electron chi connectivity index (χ2n) is 16.0. The molecule has 0 unspecified atom stereocenters. The molecule has 0 radical (unpaired) electrons. The lowest BCUT2D eigenvalue weighted by Gasteiger charge is -2.13. The molecule has 2 aliphatic heterocycles. The molecule has 0 aliphatic carbocycles. The van der Waals surface area contributed by atoms with Gasteiger partial charge in [0, 0.05) is 55.4 Å². The number of nitrogens with one attached hydrogen (secondary N) is 2. The van der Waals surface area contributed by atoms with Crippen LogP contribution >= 0.6 is 0 Å². The van der Waals surface area contributed by atoms with Crippen molar-refractivity contribution in [2.75, 3.05) is 0 Å². The first-order chi connectivity index (χ1) is 29.1. The molecule has 0 amide bonds. The average molecular weight is 775 g/mol. The third-order valence-electron chi connectivity index (χ3n) is 11.5. The van der Waals surface area contributed by atoms with Crippen molar-refractivity contribution in [1.29, 1.82) is 0 Å². The van der Waals surface area contributed by atoms with Crippen LogP contribution in [0.25, 0.3) is 90.9 Å². The molecule has 4 nitrogen and oxygen atoms in total. The molecule has 290 valence electrons. The Kier molecular flexibility index (Phi) is 9.79. The molecule has 0 saturated heterocycles. The van der Waals surface area contributed by atoms with Crippen molar-refractivity contribution in [3.63, 3.8) is 0 Å². The van der Waals surface area contributed by atoms with Crippen LogP contribution in [0.3, 0.4) is 0 Å². The Morgan fingerprint density at radius 3 is 0.983 bits per heavy atom. The van der Waals surface area contributed by atoms with Gasteiger partial charge >= 0.3 is 0 Å². The Morgan fingerprint density at radius 1 is 0.367 bits per heavy atom. The van der Waals surface area contributed by atoms with Crippen LogP contribution in [-0.2, 0) is 0 Å². The van der Waals surface area contributed by atoms with Crippen molar-refractivity contribution in [2.45, 2.75) is 55.4 Å². The van der Waals surface area contributed by atoms with Gasteiger partial charge in [-0.05, 0) is 173 Å². The van der Waals surface area contributed by atoms with Crippen molar-refractivity contribution in [3.05, 3.63) is 164 Å². The number of aromatic nitrogens is 4. The zero-order chi connectivity index (χ0) is 41.7. The van der Waals surface area contributed by atoms with Crippen LogP contribution in [0.4, 0.5) is 0 Å². The topological polar surface area (TPSA) is 57.4 Å². The number of nitrogens with zero attached hydrogens (tertiary/aromatic N) is 2. The van der Waals surface area contributed by atoms with E-state index in [0.29, 0.717) is 0 Å². The van der Waals surface area contributed by atoms with Gasteiger partial charge in [0.05, 0.1) is 22.8 Å². The molecule has 2 aliphatic rings. The summed E-state index contributed by atoms with van der Waals surface area (Å²) in [5.41, 5.74) is 25.3. The van der Waals surface area contributed by atoms with E-state index in [1.807, 2.05) is 13.8 Å². The van der Waals surface area contributed by atoms with E-state index >= 15 is 0 Å². The predicted octanol–water partition coefficient (Wildman–Crippen LogP) is 13.9. The molecule has 4 heteroatoms. The smallest absolute Gasteiger partial charge is 0.0737 e. The summed E-state index contributed by atoms with van der Waals surface area (Å²) < 4.78 is 0. The van der Waals surface area contributed by atoms with Gasteiger partial charge in [0.25, 0.3) is 0 Å². The first kappa shape index (κ1) is 38.1. The van der Waals surface area contributed by atoms with E-state index in [4.69, 9.17) is 9.97 Å². The van der Waals surface area contributed by atoms with Gasteiger partial charge in [0.15, 0.2) is 0 Å². The summed E-state index contributed by atoms with van der Waals surface area (Å²) in [6.07, 6.45) is 8.66. The maximum absolute atomic E-state index is 5.54. The largest absolute Gasteiger partial charge is 0.354 e. The second kappa shape index (κ2) is 15.4. The molecule has 8 bridgehead atoms. The summed E-state index contributed by atoms with van der Waals surface area (Å²) in [4.78, 5) is 18.9. The van der Waals surface area contributed by atoms with Crippen LogP contribution in [0.2, 0.25) is 0 Å². The molecule has 3 aromatic heterocycles. The van der Waals surface area contributed by atoms with Crippen LogP contribution in [0, 0.1) is 65.2 Å². The predicted molar refractivity (Wildman–Crippen MR) is 254 cm³/mol. The molecule has 9 rings (SSSR count). The number of rotatable bonds is 4. The molecule has 0 spiro atoms. The molecule has 0 saturated carbocycles. The standard InChI is InChI=1S/C56H46N4/c1-9-11-39-13-17-41(18-14-39)53-43-21-25-47(57-43)55(51-35(5)29-33(3)30-36(51)6)49-27-23-45(59-49)54(42-19-15-40(12-10-2)16-20-42)46-24-28-50(60-46)56(48-26-22-44(53)58-48)52-37(7)31-34(4)32-38(52)8/h13-32,57,60H,1-8H3. The Balaban J connectivity index is 1.48. The third-order valence-corrected chi connectivity index (χ3v) is 11.5. The lowest BCUT2D eigenvalue weighted by Crippen LogP contribution is -1.95. The average Bonchev–Trinajstić information content (AvgIpc) is 4.06. The molecule has 0 fully saturated rings. The Morgan fingerprint density at radius 2 is 0.667 bits per heavy atom. The minimum absolute atomic E-state index is 0.881. The Bertz CT molecular complexity index is 3000. The second-order valence-corrected chi connectivity index (χ2v) is 16.0. The molecular formula is C56H46N4. The first-order valence-corrected chi connectivity index (χ1v) is 20.5. The molecular weight excluding hydrogens is 729 g/mol. The molecule has 2 N–H and O–H groups in total. The van der Waals surface area contributed by atoms with Gasteiger partial charge in [-0.25, -0.2) is 9.97 Å². The van der Waals surface area contributed by atoms with Crippen LogP contribution < -0.4 is 0 Å². The number of aromatic amines is 2. The van der Waals surface area contributed by atoms with Crippen LogP contribution in [0.1, 0.15) is 81.1 Å². The van der Waals surface area contributed by atoms with Crippen molar-refractivity contribution in [2.24, 2.45) is 0 Å². The van der Waals surface area contributed by atoms with Crippen molar-refractivity contribution in [1.82, 2.24) is 19.9 Å². The maximum Gasteiger partial charge on any atom is 0.0737 e. The van der Waals surface area contributed by atoms with Crippen LogP contribution in [0.5, 0.6) is 0 Å². The van der Waals surface area contributed by atoms with Gasteiger partial charge in [0.2, 0.25) is 0 Å². The summed E-state index contributed by atoms with van der Waals surface area (Å²) in [5, 5.41) is 0. The van der Waals surface area contributed by atoms with Gasteiger partial charge in [-0.2, -0.15) is 0 Å². The first-order valence-electron chi connectivity index (χ1n) is 20.5. The van der Waals surface area contributed by atoms with Crippen molar-refractivity contribution in [3.8, 4) is 68.2 Å². The van der Waals surface area contributed by atoms with E-state index in [-0.39, 0.29) is 0 Å². The number of benzene rings is 4. The van der Waals surface area contributed by atoms with Gasteiger partial charge in [-0.3, -0.25) is 0 Å². The van der Waals surface area contributed by atoms with Crippen LogP contribution in [-0.4, -0.2) is 19.9 Å². The van der Waals surface area contributed by atoms with E-state index in [1.54, 1.807) is 0 Å². The van der Waals surface area contributed by atoms with E-state index in [1.165, 1.54) is 44.5 Å². The van der Waals surface area contributed by atoms with Gasteiger partial charge in [-0.1, -0.05) is 71.5 Å². The number of fused-ring (bicyclic) bond motifs is 8. The number of hydrogen-bond acceptors (Lipinski definition) is 2. The SMILES string of the molecule is CC#Cc1ccc(-c2c3nc(c(-c4c(C)cc(C)cc4C)c4ccc([nH]4)c(-c4ccc(C#CC)cc4)c4nc(c(-c5c(C)cc(C)cc5C)c5ccc2[nH]5)C=C4)C=C3)cc1. The molecule has 5 heterocycles. The maximum atomic E-state index is 5.54. The fraction of sp³-hybridized carbons (Fsp3) is 0.143. The normalized spacial score (nSPS) is 11.6. The fourth-order valence-corrected chi connectivity index (χ4v) is 9.22. The summed E-state index contributed by atoms with van der Waals surface area (Å²) in [6, 6.07) is 34.8. The van der Waals surface area contributed by atoms with Gasteiger partial charge < -0.3 is 9.97 Å². The van der Waals surface area contributed by atoms with E-state index in [2.05, 4.69) is 197 Å². The molecule has 60 heavy (non-hydrogen) atoms. The highest BCUT2D eigenvalue weighted by molar-refractivity contribution is 6.01. The molecule has 0 atom stereocenters. The van der Waals surface area contributed by atoms with Gasteiger partial charge in [-0.15, -0.1) is 11.8 Å². The molecule has 4 aromatic carbocycles. The minimum atomic E-state index is 0.881. The zero-order valence-electron chi connectivity index (χ0n) is 35.4. The number of hydrogen-bond donors (Lipinski definition) is 2. The van der Waals surface area contributed by atoms with E-state index in [9.17, 15) is 0 Å². The highest BCUT2D eigenvalue weighted by atomic mass is 14.8. The van der Waals surface area contributed by atoms with Crippen molar-refractivity contribution >= 4 is 46.4 Å². The monoisotopic (exact) mass is 774 g/mol. The summed E-state index contributed by atoms with van der Waals surface area (Å²) in [5.74, 6) is 12.5. The Labute approximate surface area is 352 Å². The molecule has 7 aromatic rings. The number of H-pyrrole nitrogens is 2. The highest BCUT2D eigenvalue weighted by Gasteiger charge is 2.21. The van der Waals surface area contributed by atoms with Crippen LogP contribution in [0.15, 0.2) is 97.1 Å². The summed E-state index contributed by atoms with van der Waals surface area (Å²) >= 11 is 0. The highest BCUT2D eigenvalue weighted by Crippen LogP contribution is 2.41. The van der Waals surface area contributed by atoms with Crippen molar-refractivity contribution < 1.29 is 0 Å². The minimum Gasteiger partial charge on any atom is -0.354 e. The summed E-state index contributed by atoms with van der Waals surface area (Å²) in [7, 11) is 0. The van der Waals surface area contributed by atoms with E-state index < -0.39 is 0 Å². The third kappa shape index (κ3) is 6.87. The fourth-order valence-electron chi connectivity index (χ4n) is 9.22. The lowest BCUT2D eigenvalue weighted by molar-refractivity contribution is 1.28.